The molecule has 7 nitrogen and oxygen atoms in total. The van der Waals surface area contributed by atoms with Crippen molar-refractivity contribution in [2.24, 2.45) is 5.41 Å². The summed E-state index contributed by atoms with van der Waals surface area (Å²) >= 11 is 0. The van der Waals surface area contributed by atoms with E-state index in [0.717, 1.165) is 36.0 Å². The summed E-state index contributed by atoms with van der Waals surface area (Å²) < 4.78 is 0. The van der Waals surface area contributed by atoms with E-state index < -0.39 is 0 Å². The van der Waals surface area contributed by atoms with Crippen LogP contribution in [-0.2, 0) is 17.6 Å². The van der Waals surface area contributed by atoms with E-state index in [2.05, 4.69) is 35.2 Å². The highest BCUT2D eigenvalue weighted by atomic mass is 16.3. The Balaban J connectivity index is 1.85. The van der Waals surface area contributed by atoms with Crippen LogP contribution in [0.2, 0.25) is 0 Å². The van der Waals surface area contributed by atoms with Crippen molar-refractivity contribution in [3.8, 4) is 6.07 Å². The molecule has 7 heteroatoms. The molecule has 1 amide bonds. The van der Waals surface area contributed by atoms with Gasteiger partial charge in [-0.2, -0.15) is 5.26 Å². The third kappa shape index (κ3) is 6.14. The number of aromatic nitrogens is 2. The van der Waals surface area contributed by atoms with Crippen LogP contribution in [0.15, 0.2) is 30.5 Å². The summed E-state index contributed by atoms with van der Waals surface area (Å²) in [7, 11) is 0. The summed E-state index contributed by atoms with van der Waals surface area (Å²) in [4.78, 5) is 31.8. The van der Waals surface area contributed by atoms with E-state index in [9.17, 15) is 9.59 Å². The number of aliphatic hydroxyl groups is 1. The minimum absolute atomic E-state index is 0.0448. The minimum Gasteiger partial charge on any atom is -0.396 e. The smallest absolute Gasteiger partial charge is 0.224 e. The number of nitrogens with zero attached hydrogens (tertiary/aromatic N) is 2. The zero-order valence-corrected chi connectivity index (χ0v) is 18.7. The molecule has 3 rings (SSSR count). The topological polar surface area (TPSA) is 119 Å². The molecule has 2 aromatic rings. The van der Waals surface area contributed by atoms with Crippen LogP contribution in [0.5, 0.6) is 0 Å². The van der Waals surface area contributed by atoms with Crippen LogP contribution in [0.4, 0.5) is 0 Å². The predicted octanol–water partition coefficient (Wildman–Crippen LogP) is 3.34. The average Bonchev–Trinajstić information content (AvgIpc) is 3.25. The largest absolute Gasteiger partial charge is 0.396 e. The summed E-state index contributed by atoms with van der Waals surface area (Å²) in [6, 6.07) is 7.76. The number of carbonyl (C=O) groups excluding carboxylic acids is 2. The van der Waals surface area contributed by atoms with E-state index in [0.29, 0.717) is 13.0 Å². The minimum atomic E-state index is -0.181. The number of nitriles is 1. The van der Waals surface area contributed by atoms with Gasteiger partial charge in [0.05, 0.1) is 12.6 Å². The van der Waals surface area contributed by atoms with Crippen LogP contribution in [0, 0.1) is 16.7 Å². The highest BCUT2D eigenvalue weighted by Gasteiger charge is 2.24. The van der Waals surface area contributed by atoms with Gasteiger partial charge in [0.15, 0.2) is 5.82 Å². The molecule has 1 aliphatic carbocycles. The normalized spacial score (nSPS) is 15.0. The Bertz CT molecular complexity index is 1060. The lowest BCUT2D eigenvalue weighted by molar-refractivity contribution is -0.120. The SMILES string of the molecule is CC1(C)CC=C(c2cc(CC(=O)NCCCO)ccc2CC(=O)c2ncc(C#N)[nH]2)CC1. The molecule has 0 saturated heterocycles. The summed E-state index contributed by atoms with van der Waals surface area (Å²) in [5, 5.41) is 20.7. The molecule has 168 valence electrons. The van der Waals surface area contributed by atoms with Gasteiger partial charge in [0.2, 0.25) is 11.7 Å². The molecule has 0 unspecified atom stereocenters. The number of ketones is 1. The van der Waals surface area contributed by atoms with Crippen LogP contribution in [0.25, 0.3) is 5.57 Å². The van der Waals surface area contributed by atoms with Crippen LogP contribution >= 0.6 is 0 Å². The fourth-order valence-electron chi connectivity index (χ4n) is 3.84. The first-order valence-corrected chi connectivity index (χ1v) is 11.0. The monoisotopic (exact) mass is 434 g/mol. The standard InChI is InChI=1S/C25H30N4O3/c1-25(2)8-6-18(7-9-25)21-12-17(13-23(32)27-10-3-11-30)4-5-19(21)14-22(31)24-28-16-20(15-26)29-24/h4-6,12,16,30H,3,7-11,13-14H2,1-2H3,(H,27,32)(H,28,29). The number of hydrogen-bond donors (Lipinski definition) is 3. The van der Waals surface area contributed by atoms with Gasteiger partial charge in [-0.15, -0.1) is 0 Å². The van der Waals surface area contributed by atoms with E-state index in [4.69, 9.17) is 10.4 Å². The molecule has 1 aliphatic rings. The highest BCUT2D eigenvalue weighted by Crippen LogP contribution is 2.39. The quantitative estimate of drug-likeness (QED) is 0.413. The number of benzene rings is 1. The number of aromatic amines is 1. The summed E-state index contributed by atoms with van der Waals surface area (Å²) in [6.45, 7) is 5.00. The van der Waals surface area contributed by atoms with Crippen molar-refractivity contribution in [2.45, 2.75) is 52.4 Å². The molecule has 0 radical (unpaired) electrons. The lowest BCUT2D eigenvalue weighted by Crippen LogP contribution is -2.26. The number of aliphatic hydroxyl groups excluding tert-OH is 1. The zero-order valence-electron chi connectivity index (χ0n) is 18.7. The lowest BCUT2D eigenvalue weighted by atomic mass is 9.76. The maximum absolute atomic E-state index is 12.8. The molecule has 1 aromatic carbocycles. The van der Waals surface area contributed by atoms with Crippen molar-refractivity contribution in [3.63, 3.8) is 0 Å². The number of hydrogen-bond acceptors (Lipinski definition) is 5. The van der Waals surface area contributed by atoms with Gasteiger partial charge in [-0.3, -0.25) is 9.59 Å². The second-order valence-electron chi connectivity index (χ2n) is 9.05. The third-order valence-electron chi connectivity index (χ3n) is 5.83. The number of nitrogens with one attached hydrogen (secondary N) is 2. The Labute approximate surface area is 188 Å². The van der Waals surface area contributed by atoms with E-state index in [1.807, 2.05) is 24.3 Å². The van der Waals surface area contributed by atoms with Gasteiger partial charge in [0.25, 0.3) is 0 Å². The number of H-pyrrole nitrogens is 1. The Morgan fingerprint density at radius 3 is 2.78 bits per heavy atom. The van der Waals surface area contributed by atoms with Crippen molar-refractivity contribution in [1.29, 1.82) is 5.26 Å². The molecule has 32 heavy (non-hydrogen) atoms. The molecule has 0 aliphatic heterocycles. The molecular formula is C25H30N4O3. The van der Waals surface area contributed by atoms with Crippen LogP contribution in [0.3, 0.4) is 0 Å². The average molecular weight is 435 g/mol. The number of imidazole rings is 1. The molecule has 0 spiro atoms. The molecule has 0 fully saturated rings. The van der Waals surface area contributed by atoms with Gasteiger partial charge in [0.1, 0.15) is 11.8 Å². The Morgan fingerprint density at radius 1 is 1.31 bits per heavy atom. The molecular weight excluding hydrogens is 404 g/mol. The van der Waals surface area contributed by atoms with Crippen molar-refractivity contribution in [1.82, 2.24) is 15.3 Å². The fourth-order valence-corrected chi connectivity index (χ4v) is 3.84. The van der Waals surface area contributed by atoms with Crippen molar-refractivity contribution in [2.75, 3.05) is 13.2 Å². The number of amides is 1. The first-order valence-electron chi connectivity index (χ1n) is 11.0. The van der Waals surface area contributed by atoms with Crippen LogP contribution < -0.4 is 5.32 Å². The second kappa shape index (κ2) is 10.4. The van der Waals surface area contributed by atoms with E-state index in [-0.39, 0.29) is 48.1 Å². The first kappa shape index (κ1) is 23.4. The maximum Gasteiger partial charge on any atom is 0.224 e. The van der Waals surface area contributed by atoms with Crippen molar-refractivity contribution in [3.05, 3.63) is 58.7 Å². The van der Waals surface area contributed by atoms with Gasteiger partial charge in [-0.1, -0.05) is 38.1 Å². The Hall–Kier alpha value is -3.24. The number of carbonyl (C=O) groups is 2. The van der Waals surface area contributed by atoms with Crippen LogP contribution in [-0.4, -0.2) is 39.9 Å². The molecule has 1 aromatic heterocycles. The lowest BCUT2D eigenvalue weighted by Gasteiger charge is -2.29. The van der Waals surface area contributed by atoms with Crippen molar-refractivity contribution < 1.29 is 14.7 Å². The molecule has 0 saturated carbocycles. The Kier molecular flexibility index (Phi) is 7.60. The summed E-state index contributed by atoms with van der Waals surface area (Å²) in [5.41, 5.74) is 4.49. The van der Waals surface area contributed by atoms with Gasteiger partial charge in [-0.05, 0) is 53.4 Å². The van der Waals surface area contributed by atoms with Gasteiger partial charge in [0, 0.05) is 19.6 Å². The van der Waals surface area contributed by atoms with E-state index >= 15 is 0 Å². The van der Waals surface area contributed by atoms with E-state index in [1.54, 1.807) is 0 Å². The number of allylic oxidation sites excluding steroid dienone is 2. The fraction of sp³-hybridized carbons (Fsp3) is 0.440. The molecule has 0 bridgehead atoms. The number of Topliss-reactive ketones (excluding diaryl/α,β-unsaturated/α-hetero) is 1. The highest BCUT2D eigenvalue weighted by molar-refractivity contribution is 5.95. The van der Waals surface area contributed by atoms with Crippen LogP contribution in [0.1, 0.15) is 72.5 Å². The molecule has 0 atom stereocenters. The third-order valence-corrected chi connectivity index (χ3v) is 5.83. The van der Waals surface area contributed by atoms with Crippen molar-refractivity contribution >= 4 is 17.3 Å². The second-order valence-corrected chi connectivity index (χ2v) is 9.05. The van der Waals surface area contributed by atoms with E-state index in [1.165, 1.54) is 11.8 Å². The first-order chi connectivity index (χ1) is 15.3. The molecule has 3 N–H and O–H groups in total. The maximum atomic E-state index is 12.8. The van der Waals surface area contributed by atoms with Gasteiger partial charge in [-0.25, -0.2) is 4.98 Å². The Morgan fingerprint density at radius 2 is 2.12 bits per heavy atom. The summed E-state index contributed by atoms with van der Waals surface area (Å²) in [5.74, 6) is -0.0933. The van der Waals surface area contributed by atoms with Gasteiger partial charge < -0.3 is 15.4 Å². The number of rotatable bonds is 9. The van der Waals surface area contributed by atoms with Gasteiger partial charge >= 0.3 is 0 Å². The zero-order chi connectivity index (χ0) is 23.1. The molecule has 1 heterocycles. The predicted molar refractivity (Wildman–Crippen MR) is 122 cm³/mol. The summed E-state index contributed by atoms with van der Waals surface area (Å²) in [6.07, 6.45) is 7.48.